The van der Waals surface area contributed by atoms with Crippen LogP contribution in [-0.4, -0.2) is 6.61 Å². The topological polar surface area (TPSA) is 68.9 Å². The maximum atomic E-state index is 7.50. The monoisotopic (exact) mass is 336 g/mol. The standard InChI is InChI=1S/C14H16O.3CO.Cr/c1-10(2)14-13(11(3)9-15-14)12-7-5-4-6-8-12;3*1-2;/h4-8H,9H2,1-3H3;;;;. The van der Waals surface area contributed by atoms with Gasteiger partial charge in [0.2, 0.25) is 0 Å². The number of allylic oxidation sites excluding steroid dienone is 2. The van der Waals surface area contributed by atoms with Gasteiger partial charge >= 0.3 is 33.9 Å². The Labute approximate surface area is 142 Å². The van der Waals surface area contributed by atoms with Crippen molar-refractivity contribution in [1.82, 2.24) is 0 Å². The van der Waals surface area contributed by atoms with Crippen molar-refractivity contribution in [2.24, 2.45) is 0 Å². The van der Waals surface area contributed by atoms with Crippen LogP contribution in [0.2, 0.25) is 0 Å². The average Bonchev–Trinajstić information content (AvgIpc) is 2.96. The maximum Gasteiger partial charge on any atom is 0 e. The van der Waals surface area contributed by atoms with Crippen molar-refractivity contribution in [3.63, 3.8) is 0 Å². The Morgan fingerprint density at radius 3 is 1.82 bits per heavy atom. The van der Waals surface area contributed by atoms with Crippen LogP contribution in [0.3, 0.4) is 0 Å². The van der Waals surface area contributed by atoms with Gasteiger partial charge in [0, 0.05) is 22.9 Å². The summed E-state index contributed by atoms with van der Waals surface area (Å²) in [5.74, 6) is 1.05. The van der Waals surface area contributed by atoms with Gasteiger partial charge < -0.3 is 4.74 Å². The van der Waals surface area contributed by atoms with Crippen molar-refractivity contribution in [2.75, 3.05) is 6.61 Å². The van der Waals surface area contributed by atoms with E-state index in [0.29, 0.717) is 0 Å². The van der Waals surface area contributed by atoms with Crippen LogP contribution in [0.4, 0.5) is 0 Å². The van der Waals surface area contributed by atoms with Crippen LogP contribution in [0.15, 0.2) is 47.2 Å². The quantitative estimate of drug-likeness (QED) is 0.570. The van der Waals surface area contributed by atoms with Gasteiger partial charge in [-0.15, -0.1) is 0 Å². The molecule has 1 aliphatic heterocycles. The zero-order valence-electron chi connectivity index (χ0n) is 12.6. The SMILES string of the molecule is CC(C)=C1OCC(C)=C1c1ccccc1.[C-]#[O+].[C-]#[O+].[C-]#[O+].[Cr]. The number of benzene rings is 1. The van der Waals surface area contributed by atoms with E-state index in [1.807, 2.05) is 6.07 Å². The Morgan fingerprint density at radius 1 is 0.955 bits per heavy atom. The van der Waals surface area contributed by atoms with Crippen LogP contribution >= 0.6 is 0 Å². The van der Waals surface area contributed by atoms with Crippen LogP contribution in [-0.2, 0) is 36.1 Å². The van der Waals surface area contributed by atoms with E-state index in [2.05, 4.69) is 65.0 Å². The van der Waals surface area contributed by atoms with Crippen LogP contribution in [0.1, 0.15) is 26.3 Å². The number of hydrogen-bond acceptors (Lipinski definition) is 1. The molecule has 4 nitrogen and oxygen atoms in total. The van der Waals surface area contributed by atoms with Crippen LogP contribution in [0, 0.1) is 20.0 Å². The Kier molecular flexibility index (Phi) is 17.9. The molecule has 0 aliphatic carbocycles. The molecule has 1 aromatic carbocycles. The molecule has 0 N–H and O–H groups in total. The molecule has 1 aromatic rings. The smallest absolute Gasteiger partial charge is 0 e. The van der Waals surface area contributed by atoms with Gasteiger partial charge in [-0.2, -0.15) is 0 Å². The van der Waals surface area contributed by atoms with Gasteiger partial charge in [-0.05, 0) is 37.5 Å². The van der Waals surface area contributed by atoms with Gasteiger partial charge in [-0.3, -0.25) is 0 Å². The molecule has 1 heterocycles. The molecule has 0 bridgehead atoms. The summed E-state index contributed by atoms with van der Waals surface area (Å²) in [7, 11) is 0. The Morgan fingerprint density at radius 2 is 1.41 bits per heavy atom. The van der Waals surface area contributed by atoms with Gasteiger partial charge in [-0.25, -0.2) is 0 Å². The third-order valence-corrected chi connectivity index (χ3v) is 2.60. The second-order valence-corrected chi connectivity index (χ2v) is 4.14. The molecular weight excluding hydrogens is 320 g/mol. The molecule has 2 rings (SSSR count). The van der Waals surface area contributed by atoms with Crippen LogP contribution in [0.5, 0.6) is 0 Å². The molecule has 0 amide bonds. The molecule has 5 heteroatoms. The minimum atomic E-state index is 0. The Hall–Kier alpha value is -1.75. The fraction of sp³-hybridized carbons (Fsp3) is 0.235. The van der Waals surface area contributed by atoms with Crippen LogP contribution < -0.4 is 0 Å². The molecule has 0 aromatic heterocycles. The van der Waals surface area contributed by atoms with E-state index in [9.17, 15) is 0 Å². The minimum Gasteiger partial charge on any atom is 0 e. The van der Waals surface area contributed by atoms with Crippen molar-refractivity contribution >= 4 is 5.57 Å². The second-order valence-electron chi connectivity index (χ2n) is 4.14. The normalized spacial score (nSPS) is 10.9. The van der Waals surface area contributed by atoms with E-state index in [4.69, 9.17) is 18.7 Å². The molecule has 1 aliphatic rings. The fourth-order valence-electron chi connectivity index (χ4n) is 1.90. The summed E-state index contributed by atoms with van der Waals surface area (Å²) in [4.78, 5) is 0. The van der Waals surface area contributed by atoms with E-state index in [-0.39, 0.29) is 17.4 Å². The molecular formula is C17H16CrO4. The predicted molar refractivity (Wildman–Crippen MR) is 75.2 cm³/mol. The van der Waals surface area contributed by atoms with E-state index in [1.165, 1.54) is 22.3 Å². The van der Waals surface area contributed by atoms with E-state index < -0.39 is 0 Å². The molecule has 114 valence electrons. The summed E-state index contributed by atoms with van der Waals surface area (Å²) < 4.78 is 28.2. The first-order valence-corrected chi connectivity index (χ1v) is 5.87. The molecule has 0 unspecified atom stereocenters. The molecule has 0 fully saturated rings. The summed E-state index contributed by atoms with van der Waals surface area (Å²) in [6, 6.07) is 10.4. The summed E-state index contributed by atoms with van der Waals surface area (Å²) in [5.41, 5.74) is 5.09. The summed E-state index contributed by atoms with van der Waals surface area (Å²) in [6.07, 6.45) is 0. The fourth-order valence-corrected chi connectivity index (χ4v) is 1.90. The Balaban J connectivity index is -0.000000463. The number of rotatable bonds is 1. The number of hydrogen-bond donors (Lipinski definition) is 0. The van der Waals surface area contributed by atoms with Gasteiger partial charge in [0.1, 0.15) is 12.4 Å². The predicted octanol–water partition coefficient (Wildman–Crippen LogP) is 3.67. The maximum absolute atomic E-state index is 7.50. The first-order chi connectivity index (χ1) is 10.2. The largest absolute Gasteiger partial charge is 0 e. The molecule has 0 saturated carbocycles. The van der Waals surface area contributed by atoms with E-state index in [0.717, 1.165) is 12.4 Å². The first kappa shape index (κ1) is 25.2. The third kappa shape index (κ3) is 7.31. The van der Waals surface area contributed by atoms with Crippen molar-refractivity contribution in [2.45, 2.75) is 20.8 Å². The van der Waals surface area contributed by atoms with Crippen molar-refractivity contribution in [3.8, 4) is 0 Å². The van der Waals surface area contributed by atoms with Gasteiger partial charge in [0.15, 0.2) is 0 Å². The van der Waals surface area contributed by atoms with Crippen molar-refractivity contribution < 1.29 is 36.1 Å². The van der Waals surface area contributed by atoms with Gasteiger partial charge in [-0.1, -0.05) is 30.3 Å². The van der Waals surface area contributed by atoms with Crippen LogP contribution in [0.25, 0.3) is 5.57 Å². The average molecular weight is 336 g/mol. The number of ether oxygens (including phenoxy) is 1. The first-order valence-electron chi connectivity index (χ1n) is 5.87. The van der Waals surface area contributed by atoms with E-state index >= 15 is 0 Å². The Bertz CT molecular complexity index is 533. The molecule has 0 saturated heterocycles. The second kappa shape index (κ2) is 15.6. The van der Waals surface area contributed by atoms with Gasteiger partial charge in [0.25, 0.3) is 0 Å². The summed E-state index contributed by atoms with van der Waals surface area (Å²) in [5, 5.41) is 0. The molecule has 0 atom stereocenters. The molecule has 0 spiro atoms. The third-order valence-electron chi connectivity index (χ3n) is 2.60. The minimum absolute atomic E-state index is 0. The van der Waals surface area contributed by atoms with Crippen molar-refractivity contribution in [1.29, 1.82) is 0 Å². The van der Waals surface area contributed by atoms with Crippen molar-refractivity contribution in [3.05, 3.63) is 72.8 Å². The molecule has 22 heavy (non-hydrogen) atoms. The van der Waals surface area contributed by atoms with Gasteiger partial charge in [0.05, 0.1) is 0 Å². The molecule has 0 radical (unpaired) electrons. The van der Waals surface area contributed by atoms with E-state index in [1.54, 1.807) is 0 Å². The summed E-state index contributed by atoms with van der Waals surface area (Å²) in [6.45, 7) is 20.6. The zero-order valence-corrected chi connectivity index (χ0v) is 13.9. The zero-order chi connectivity index (χ0) is 16.8. The summed E-state index contributed by atoms with van der Waals surface area (Å²) >= 11 is 0.